The molecule has 1 atom stereocenters. The SMILES string of the molecule is CNCCNC(=O)c1cccnc1SC(C)C(=O)N1CCCC1. The fourth-order valence-electron chi connectivity index (χ4n) is 2.47. The van der Waals surface area contributed by atoms with E-state index in [0.717, 1.165) is 25.9 Å². The summed E-state index contributed by atoms with van der Waals surface area (Å²) in [6, 6.07) is 3.49. The molecule has 1 unspecified atom stereocenters. The minimum atomic E-state index is -0.244. The molecule has 0 spiro atoms. The maximum absolute atomic E-state index is 12.4. The van der Waals surface area contributed by atoms with Gasteiger partial charge in [-0.25, -0.2) is 4.98 Å². The van der Waals surface area contributed by atoms with E-state index in [1.54, 1.807) is 18.3 Å². The Hall–Kier alpha value is -1.60. The van der Waals surface area contributed by atoms with Crippen LogP contribution in [0.2, 0.25) is 0 Å². The van der Waals surface area contributed by atoms with E-state index in [1.807, 2.05) is 18.9 Å². The molecule has 1 saturated heterocycles. The van der Waals surface area contributed by atoms with Crippen LogP contribution in [0.25, 0.3) is 0 Å². The number of aromatic nitrogens is 1. The van der Waals surface area contributed by atoms with Gasteiger partial charge in [0.15, 0.2) is 0 Å². The molecule has 126 valence electrons. The lowest BCUT2D eigenvalue weighted by molar-refractivity contribution is -0.129. The monoisotopic (exact) mass is 336 g/mol. The van der Waals surface area contributed by atoms with Crippen molar-refractivity contribution >= 4 is 23.6 Å². The first-order chi connectivity index (χ1) is 11.1. The maximum atomic E-state index is 12.4. The first-order valence-corrected chi connectivity index (χ1v) is 8.84. The molecule has 1 fully saturated rings. The van der Waals surface area contributed by atoms with Crippen molar-refractivity contribution in [1.29, 1.82) is 0 Å². The number of carbonyl (C=O) groups is 2. The lowest BCUT2D eigenvalue weighted by Crippen LogP contribution is -2.34. The van der Waals surface area contributed by atoms with E-state index < -0.39 is 0 Å². The van der Waals surface area contributed by atoms with Crippen LogP contribution >= 0.6 is 11.8 Å². The van der Waals surface area contributed by atoms with Gasteiger partial charge in [-0.3, -0.25) is 9.59 Å². The average molecular weight is 336 g/mol. The second-order valence-corrected chi connectivity index (χ2v) is 6.84. The molecule has 2 rings (SSSR count). The number of amides is 2. The summed E-state index contributed by atoms with van der Waals surface area (Å²) < 4.78 is 0. The van der Waals surface area contributed by atoms with Gasteiger partial charge in [0.2, 0.25) is 5.91 Å². The largest absolute Gasteiger partial charge is 0.351 e. The number of nitrogens with zero attached hydrogens (tertiary/aromatic N) is 2. The molecule has 2 amide bonds. The van der Waals surface area contributed by atoms with Crippen molar-refractivity contribution in [2.24, 2.45) is 0 Å². The Labute approximate surface area is 141 Å². The van der Waals surface area contributed by atoms with Gasteiger partial charge in [-0.2, -0.15) is 0 Å². The Bertz CT molecular complexity index is 547. The van der Waals surface area contributed by atoms with E-state index >= 15 is 0 Å². The molecule has 0 radical (unpaired) electrons. The van der Waals surface area contributed by atoms with Crippen LogP contribution in [0, 0.1) is 0 Å². The van der Waals surface area contributed by atoms with E-state index in [9.17, 15) is 9.59 Å². The van der Waals surface area contributed by atoms with Gasteiger partial charge in [0.1, 0.15) is 5.03 Å². The summed E-state index contributed by atoms with van der Waals surface area (Å²) in [5.41, 5.74) is 0.523. The van der Waals surface area contributed by atoms with Crippen LogP contribution in [-0.2, 0) is 4.79 Å². The molecule has 7 heteroatoms. The van der Waals surface area contributed by atoms with Crippen molar-refractivity contribution < 1.29 is 9.59 Å². The highest BCUT2D eigenvalue weighted by atomic mass is 32.2. The number of nitrogens with one attached hydrogen (secondary N) is 2. The fraction of sp³-hybridized carbons (Fsp3) is 0.562. The molecule has 1 aliphatic heterocycles. The summed E-state index contributed by atoms with van der Waals surface area (Å²) in [6.07, 6.45) is 3.80. The minimum absolute atomic E-state index is 0.125. The molecule has 0 aromatic carbocycles. The molecule has 0 aliphatic carbocycles. The molecule has 6 nitrogen and oxygen atoms in total. The predicted molar refractivity (Wildman–Crippen MR) is 91.6 cm³/mol. The van der Waals surface area contributed by atoms with Crippen molar-refractivity contribution in [1.82, 2.24) is 20.5 Å². The van der Waals surface area contributed by atoms with Gasteiger partial charge in [0, 0.05) is 32.4 Å². The van der Waals surface area contributed by atoms with Gasteiger partial charge in [-0.05, 0) is 38.9 Å². The lowest BCUT2D eigenvalue weighted by Gasteiger charge is -2.20. The van der Waals surface area contributed by atoms with Gasteiger partial charge in [-0.1, -0.05) is 11.8 Å². The topological polar surface area (TPSA) is 74.3 Å². The van der Waals surface area contributed by atoms with Crippen LogP contribution in [-0.4, -0.2) is 60.2 Å². The van der Waals surface area contributed by atoms with Crippen LogP contribution in [0.3, 0.4) is 0 Å². The number of likely N-dealkylation sites (N-methyl/N-ethyl adjacent to an activating group) is 1. The Kier molecular flexibility index (Phi) is 6.85. The summed E-state index contributed by atoms with van der Waals surface area (Å²) >= 11 is 1.35. The predicted octanol–water partition coefficient (Wildman–Crippen LogP) is 1.13. The first-order valence-electron chi connectivity index (χ1n) is 7.96. The van der Waals surface area contributed by atoms with E-state index in [4.69, 9.17) is 0 Å². The smallest absolute Gasteiger partial charge is 0.254 e. The molecule has 1 aromatic rings. The Morgan fingerprint density at radius 1 is 1.35 bits per heavy atom. The highest BCUT2D eigenvalue weighted by Gasteiger charge is 2.25. The third-order valence-electron chi connectivity index (χ3n) is 3.73. The number of hydrogen-bond donors (Lipinski definition) is 2. The number of hydrogen-bond acceptors (Lipinski definition) is 5. The van der Waals surface area contributed by atoms with E-state index in [1.165, 1.54) is 11.8 Å². The standard InChI is InChI=1S/C16H24N4O2S/c1-12(16(22)20-10-3-4-11-20)23-15-13(6-5-7-19-15)14(21)18-9-8-17-2/h5-7,12,17H,3-4,8-11H2,1-2H3,(H,18,21). The van der Waals surface area contributed by atoms with Crippen LogP contribution in [0.4, 0.5) is 0 Å². The molecular formula is C16H24N4O2S. The third kappa shape index (κ3) is 4.94. The van der Waals surface area contributed by atoms with E-state index in [2.05, 4.69) is 15.6 Å². The molecule has 2 heterocycles. The van der Waals surface area contributed by atoms with Crippen LogP contribution in [0.1, 0.15) is 30.1 Å². The Morgan fingerprint density at radius 2 is 2.09 bits per heavy atom. The molecule has 1 aromatic heterocycles. The van der Waals surface area contributed by atoms with Gasteiger partial charge in [0.05, 0.1) is 10.8 Å². The van der Waals surface area contributed by atoms with Gasteiger partial charge in [-0.15, -0.1) is 0 Å². The summed E-state index contributed by atoms with van der Waals surface area (Å²) in [5.74, 6) is -0.0311. The minimum Gasteiger partial charge on any atom is -0.351 e. The summed E-state index contributed by atoms with van der Waals surface area (Å²) in [7, 11) is 1.84. The van der Waals surface area contributed by atoms with E-state index in [-0.39, 0.29) is 17.1 Å². The molecule has 1 aliphatic rings. The summed E-state index contributed by atoms with van der Waals surface area (Å²) in [6.45, 7) is 4.81. The van der Waals surface area contributed by atoms with Crippen LogP contribution < -0.4 is 10.6 Å². The molecule has 2 N–H and O–H groups in total. The summed E-state index contributed by atoms with van der Waals surface area (Å²) in [4.78, 5) is 30.9. The van der Waals surface area contributed by atoms with Crippen LogP contribution in [0.5, 0.6) is 0 Å². The first kappa shape index (κ1) is 17.7. The number of carbonyl (C=O) groups excluding carboxylic acids is 2. The zero-order chi connectivity index (χ0) is 16.7. The number of rotatable bonds is 7. The Balaban J connectivity index is 2.01. The number of thioether (sulfide) groups is 1. The lowest BCUT2D eigenvalue weighted by atomic mass is 10.2. The normalized spacial score (nSPS) is 15.5. The number of likely N-dealkylation sites (tertiary alicyclic amines) is 1. The van der Waals surface area contributed by atoms with E-state index in [0.29, 0.717) is 23.7 Å². The average Bonchev–Trinajstić information content (AvgIpc) is 3.09. The van der Waals surface area contributed by atoms with Crippen molar-refractivity contribution in [2.45, 2.75) is 30.0 Å². The van der Waals surface area contributed by atoms with Crippen LogP contribution in [0.15, 0.2) is 23.4 Å². The second-order valence-electron chi connectivity index (χ2n) is 5.51. The zero-order valence-corrected chi connectivity index (χ0v) is 14.5. The highest BCUT2D eigenvalue weighted by molar-refractivity contribution is 8.00. The maximum Gasteiger partial charge on any atom is 0.254 e. The molecule has 23 heavy (non-hydrogen) atoms. The molecular weight excluding hydrogens is 312 g/mol. The Morgan fingerprint density at radius 3 is 2.78 bits per heavy atom. The quantitative estimate of drug-likeness (QED) is 0.577. The van der Waals surface area contributed by atoms with Gasteiger partial charge < -0.3 is 15.5 Å². The second kappa shape index (κ2) is 8.88. The number of pyridine rings is 1. The van der Waals surface area contributed by atoms with Crippen molar-refractivity contribution in [3.8, 4) is 0 Å². The zero-order valence-electron chi connectivity index (χ0n) is 13.7. The summed E-state index contributed by atoms with van der Waals surface area (Å²) in [5, 5.41) is 6.19. The third-order valence-corrected chi connectivity index (χ3v) is 4.83. The van der Waals surface area contributed by atoms with Gasteiger partial charge in [0.25, 0.3) is 5.91 Å². The van der Waals surface area contributed by atoms with Gasteiger partial charge >= 0.3 is 0 Å². The molecule has 0 saturated carbocycles. The van der Waals surface area contributed by atoms with Crippen molar-refractivity contribution in [3.05, 3.63) is 23.9 Å². The van der Waals surface area contributed by atoms with Crippen molar-refractivity contribution in [2.75, 3.05) is 33.2 Å². The fourth-order valence-corrected chi connectivity index (χ4v) is 3.46. The highest BCUT2D eigenvalue weighted by Crippen LogP contribution is 2.26. The molecule has 0 bridgehead atoms. The van der Waals surface area contributed by atoms with Crippen molar-refractivity contribution in [3.63, 3.8) is 0 Å².